The van der Waals surface area contributed by atoms with Crippen LogP contribution in [0.4, 0.5) is 32.0 Å². The topological polar surface area (TPSA) is 34.0 Å². The quantitative estimate of drug-likeness (QED) is 0.624. The molecule has 1 N–H and O–H groups in total. The van der Waals surface area contributed by atoms with E-state index in [4.69, 9.17) is 0 Å². The van der Waals surface area contributed by atoms with Gasteiger partial charge < -0.3 is 5.32 Å². The summed E-state index contributed by atoms with van der Waals surface area (Å²) in [4.78, 5) is 11.6. The third-order valence-electron chi connectivity index (χ3n) is 3.60. The summed E-state index contributed by atoms with van der Waals surface area (Å²) in [5, 5.41) is 2.47. The highest BCUT2D eigenvalue weighted by Gasteiger charge is 2.36. The van der Waals surface area contributed by atoms with Crippen molar-refractivity contribution in [1.82, 2.24) is 4.57 Å². The number of nitrogens with one attached hydrogen (secondary N) is 1. The van der Waals surface area contributed by atoms with Crippen molar-refractivity contribution in [1.29, 1.82) is 0 Å². The van der Waals surface area contributed by atoms with E-state index in [1.165, 1.54) is 4.57 Å². The maximum Gasteiger partial charge on any atom is 0.416 e. The molecule has 138 valence electrons. The Kier molecular flexibility index (Phi) is 4.47. The molecule has 0 unspecified atom stereocenters. The largest absolute Gasteiger partial charge is 0.416 e. The summed E-state index contributed by atoms with van der Waals surface area (Å²) in [7, 11) is 0. The van der Waals surface area contributed by atoms with Gasteiger partial charge in [0.25, 0.3) is 0 Å². The summed E-state index contributed by atoms with van der Waals surface area (Å²) in [5.74, 6) is 0. The minimum Gasteiger partial charge on any atom is -0.367 e. The lowest BCUT2D eigenvalue weighted by Gasteiger charge is -2.15. The molecular formula is C16H10F6N2OS. The molecule has 0 fully saturated rings. The van der Waals surface area contributed by atoms with E-state index < -0.39 is 23.5 Å². The Morgan fingerprint density at radius 3 is 2.08 bits per heavy atom. The van der Waals surface area contributed by atoms with Crippen molar-refractivity contribution in [2.24, 2.45) is 0 Å². The highest BCUT2D eigenvalue weighted by atomic mass is 32.1. The fourth-order valence-electron chi connectivity index (χ4n) is 2.39. The molecule has 3 aromatic rings. The second kappa shape index (κ2) is 6.35. The number of benzene rings is 2. The molecule has 0 radical (unpaired) electrons. The van der Waals surface area contributed by atoms with E-state index in [0.29, 0.717) is 22.3 Å². The summed E-state index contributed by atoms with van der Waals surface area (Å²) in [5.41, 5.74) is -2.68. The molecule has 0 aliphatic heterocycles. The molecule has 0 atom stereocenters. The van der Waals surface area contributed by atoms with Gasteiger partial charge in [-0.15, -0.1) is 0 Å². The van der Waals surface area contributed by atoms with Crippen LogP contribution in [0.2, 0.25) is 0 Å². The molecule has 1 aromatic heterocycles. The number of rotatable bonds is 3. The lowest BCUT2D eigenvalue weighted by Crippen LogP contribution is -2.19. The molecule has 0 saturated heterocycles. The third-order valence-corrected chi connectivity index (χ3v) is 4.56. The molecule has 10 heteroatoms. The standard InChI is InChI=1S/C16H10F6N2OS/c17-15(18,19)9-5-10(16(20,21)22)7-11(6-9)23-8-24-12-3-1-2-4-13(12)26-14(24)25/h1-7,23H,8H2. The van der Waals surface area contributed by atoms with Crippen molar-refractivity contribution in [2.45, 2.75) is 19.0 Å². The predicted molar refractivity (Wildman–Crippen MR) is 86.2 cm³/mol. The van der Waals surface area contributed by atoms with Crippen LogP contribution in [0.3, 0.4) is 0 Å². The Hall–Kier alpha value is -2.49. The number of hydrogen-bond acceptors (Lipinski definition) is 3. The van der Waals surface area contributed by atoms with Gasteiger partial charge in [-0.25, -0.2) is 0 Å². The lowest BCUT2D eigenvalue weighted by molar-refractivity contribution is -0.143. The van der Waals surface area contributed by atoms with Gasteiger partial charge in [0.2, 0.25) is 0 Å². The molecule has 0 amide bonds. The minimum absolute atomic E-state index is 0.0529. The van der Waals surface area contributed by atoms with E-state index >= 15 is 0 Å². The van der Waals surface area contributed by atoms with Gasteiger partial charge >= 0.3 is 17.2 Å². The van der Waals surface area contributed by atoms with E-state index in [9.17, 15) is 31.1 Å². The molecule has 26 heavy (non-hydrogen) atoms. The number of alkyl halides is 6. The molecule has 0 bridgehead atoms. The summed E-state index contributed by atoms with van der Waals surface area (Å²) in [6, 6.07) is 7.95. The van der Waals surface area contributed by atoms with Gasteiger partial charge in [0, 0.05) is 5.69 Å². The van der Waals surface area contributed by atoms with Gasteiger partial charge in [0.15, 0.2) is 0 Å². The van der Waals surface area contributed by atoms with Crippen LogP contribution in [0.5, 0.6) is 0 Å². The first-order chi connectivity index (χ1) is 12.1. The van der Waals surface area contributed by atoms with E-state index in [1.54, 1.807) is 24.3 Å². The molecule has 3 rings (SSSR count). The maximum atomic E-state index is 12.9. The van der Waals surface area contributed by atoms with Gasteiger partial charge in [-0.1, -0.05) is 23.5 Å². The summed E-state index contributed by atoms with van der Waals surface area (Å²) < 4.78 is 79.2. The van der Waals surface area contributed by atoms with E-state index in [1.807, 2.05) is 0 Å². The molecule has 0 saturated carbocycles. The van der Waals surface area contributed by atoms with Crippen molar-refractivity contribution < 1.29 is 26.3 Å². The van der Waals surface area contributed by atoms with Gasteiger partial charge in [0.05, 0.1) is 28.0 Å². The van der Waals surface area contributed by atoms with Crippen molar-refractivity contribution in [3.05, 3.63) is 63.3 Å². The first-order valence-corrected chi connectivity index (χ1v) is 7.99. The number of nitrogens with zero attached hydrogens (tertiary/aromatic N) is 1. The van der Waals surface area contributed by atoms with Crippen LogP contribution in [-0.2, 0) is 19.0 Å². The van der Waals surface area contributed by atoms with Crippen molar-refractivity contribution in [3.63, 3.8) is 0 Å². The number of fused-ring (bicyclic) bond motifs is 1. The van der Waals surface area contributed by atoms with Crippen LogP contribution >= 0.6 is 11.3 Å². The zero-order valence-electron chi connectivity index (χ0n) is 12.8. The van der Waals surface area contributed by atoms with Gasteiger partial charge in [-0.05, 0) is 30.3 Å². The number of anilines is 1. The molecule has 3 nitrogen and oxygen atoms in total. The van der Waals surface area contributed by atoms with Crippen LogP contribution in [0.1, 0.15) is 11.1 Å². The van der Waals surface area contributed by atoms with Gasteiger partial charge in [-0.2, -0.15) is 26.3 Å². The summed E-state index contributed by atoms with van der Waals surface area (Å²) in [6.07, 6.45) is -9.85. The average molecular weight is 392 g/mol. The fraction of sp³-hybridized carbons (Fsp3) is 0.188. The van der Waals surface area contributed by atoms with E-state index in [-0.39, 0.29) is 23.3 Å². The van der Waals surface area contributed by atoms with Crippen LogP contribution in [-0.4, -0.2) is 4.57 Å². The minimum atomic E-state index is -4.93. The van der Waals surface area contributed by atoms with Crippen LogP contribution in [0, 0.1) is 0 Å². The Morgan fingerprint density at radius 2 is 1.50 bits per heavy atom. The number of halogens is 6. The second-order valence-corrected chi connectivity index (χ2v) is 6.39. The number of para-hydroxylation sites is 1. The second-order valence-electron chi connectivity index (χ2n) is 5.39. The Balaban J connectivity index is 1.96. The first-order valence-electron chi connectivity index (χ1n) is 7.17. The van der Waals surface area contributed by atoms with Crippen LogP contribution < -0.4 is 10.2 Å². The zero-order chi connectivity index (χ0) is 19.1. The van der Waals surface area contributed by atoms with Crippen LogP contribution in [0.15, 0.2) is 47.3 Å². The fourth-order valence-corrected chi connectivity index (χ4v) is 3.28. The number of hydrogen-bond donors (Lipinski definition) is 1. The summed E-state index contributed by atoms with van der Waals surface area (Å²) >= 11 is 0.936. The number of thiazole rings is 1. The number of aromatic nitrogens is 1. The Labute approximate surface area is 146 Å². The van der Waals surface area contributed by atoms with E-state index in [2.05, 4.69) is 5.32 Å². The SMILES string of the molecule is O=c1sc2ccccc2n1CNc1cc(C(F)(F)F)cc(C(F)(F)F)c1. The van der Waals surface area contributed by atoms with Crippen molar-refractivity contribution >= 4 is 27.2 Å². The van der Waals surface area contributed by atoms with Gasteiger partial charge in [-0.3, -0.25) is 9.36 Å². The molecule has 2 aromatic carbocycles. The Bertz CT molecular complexity index is 970. The molecule has 1 heterocycles. The smallest absolute Gasteiger partial charge is 0.367 e. The molecule has 0 aliphatic rings. The van der Waals surface area contributed by atoms with E-state index in [0.717, 1.165) is 11.3 Å². The highest BCUT2D eigenvalue weighted by molar-refractivity contribution is 7.16. The molecule has 0 aliphatic carbocycles. The highest BCUT2D eigenvalue weighted by Crippen LogP contribution is 2.37. The molecule has 0 spiro atoms. The van der Waals surface area contributed by atoms with Crippen molar-refractivity contribution in [3.8, 4) is 0 Å². The first kappa shape index (κ1) is 18.3. The zero-order valence-corrected chi connectivity index (χ0v) is 13.6. The molecular weight excluding hydrogens is 382 g/mol. The normalized spacial score (nSPS) is 12.5. The maximum absolute atomic E-state index is 12.9. The summed E-state index contributed by atoms with van der Waals surface area (Å²) in [6.45, 7) is -0.262. The van der Waals surface area contributed by atoms with Gasteiger partial charge in [0.1, 0.15) is 0 Å². The van der Waals surface area contributed by atoms with Crippen LogP contribution in [0.25, 0.3) is 10.2 Å². The Morgan fingerprint density at radius 1 is 0.923 bits per heavy atom. The predicted octanol–water partition coefficient (Wildman–Crippen LogP) is 5.17. The monoisotopic (exact) mass is 392 g/mol. The third kappa shape index (κ3) is 3.69. The average Bonchev–Trinajstić information content (AvgIpc) is 2.86. The lowest BCUT2D eigenvalue weighted by atomic mass is 10.1. The van der Waals surface area contributed by atoms with Crippen molar-refractivity contribution in [2.75, 3.05) is 5.32 Å².